The molecule has 0 aliphatic heterocycles. The second-order valence-electron chi connectivity index (χ2n) is 4.39. The summed E-state index contributed by atoms with van der Waals surface area (Å²) < 4.78 is 9.24. The Balaban J connectivity index is 2.11. The van der Waals surface area contributed by atoms with Gasteiger partial charge in [-0.25, -0.2) is 9.59 Å². The third kappa shape index (κ3) is 5.10. The predicted molar refractivity (Wildman–Crippen MR) is 96.7 cm³/mol. The molecule has 8 heteroatoms. The van der Waals surface area contributed by atoms with E-state index in [1.54, 1.807) is 12.1 Å². The number of hydrogen-bond donors (Lipinski definition) is 2. The largest absolute Gasteiger partial charge is 0.453 e. The third-order valence-corrected chi connectivity index (χ3v) is 5.32. The minimum atomic E-state index is -0.527. The fourth-order valence-corrected chi connectivity index (χ4v) is 3.97. The number of para-hydroxylation sites is 2. The molecule has 24 heavy (non-hydrogen) atoms. The van der Waals surface area contributed by atoms with E-state index in [-0.39, 0.29) is 0 Å². The number of ether oxygens (including phenoxy) is 2. The monoisotopic (exact) mass is 364 g/mol. The second-order valence-corrected chi connectivity index (χ2v) is 6.61. The zero-order chi connectivity index (χ0) is 17.4. The molecule has 6 nitrogen and oxygen atoms in total. The predicted octanol–water partition coefficient (Wildman–Crippen LogP) is 4.84. The summed E-state index contributed by atoms with van der Waals surface area (Å²) in [6.45, 7) is 0. The van der Waals surface area contributed by atoms with Crippen molar-refractivity contribution in [2.75, 3.05) is 24.9 Å². The summed E-state index contributed by atoms with van der Waals surface area (Å²) in [5.41, 5.74) is 1.31. The molecule has 0 aliphatic carbocycles. The Bertz CT molecular complexity index is 663. The second kappa shape index (κ2) is 9.09. The van der Waals surface area contributed by atoms with Crippen molar-refractivity contribution < 1.29 is 19.1 Å². The van der Waals surface area contributed by atoms with Gasteiger partial charge in [0.05, 0.1) is 25.6 Å². The summed E-state index contributed by atoms with van der Waals surface area (Å²) in [6, 6.07) is 14.8. The van der Waals surface area contributed by atoms with E-state index in [0.717, 1.165) is 9.79 Å². The van der Waals surface area contributed by atoms with Crippen molar-refractivity contribution in [1.82, 2.24) is 0 Å². The Kier molecular flexibility index (Phi) is 6.83. The number of rotatable bonds is 5. The van der Waals surface area contributed by atoms with Gasteiger partial charge in [-0.15, -0.1) is 0 Å². The van der Waals surface area contributed by atoms with Crippen molar-refractivity contribution >= 4 is 45.1 Å². The lowest BCUT2D eigenvalue weighted by Crippen LogP contribution is -2.11. The number of methoxy groups -OCH3 is 2. The van der Waals surface area contributed by atoms with Crippen molar-refractivity contribution in [3.8, 4) is 0 Å². The zero-order valence-corrected chi connectivity index (χ0v) is 14.7. The molecule has 0 radical (unpaired) electrons. The highest BCUT2D eigenvalue weighted by Gasteiger charge is 2.10. The third-order valence-electron chi connectivity index (χ3n) is 2.84. The summed E-state index contributed by atoms with van der Waals surface area (Å²) in [7, 11) is 5.54. The topological polar surface area (TPSA) is 76.7 Å². The number of carbonyl (C=O) groups excluding carboxylic acids is 2. The van der Waals surface area contributed by atoms with Crippen molar-refractivity contribution in [3.05, 3.63) is 48.5 Å². The first-order chi connectivity index (χ1) is 11.6. The van der Waals surface area contributed by atoms with Crippen LogP contribution in [0, 0.1) is 0 Å². The van der Waals surface area contributed by atoms with Gasteiger partial charge >= 0.3 is 12.2 Å². The summed E-state index contributed by atoms with van der Waals surface area (Å²) in [6.07, 6.45) is -1.05. The SMILES string of the molecule is COC(=O)Nc1ccccc1SSc1ccccc1NC(=O)OC. The van der Waals surface area contributed by atoms with E-state index in [1.807, 2.05) is 36.4 Å². The molecule has 0 aromatic heterocycles. The normalized spacial score (nSPS) is 9.92. The fraction of sp³-hybridized carbons (Fsp3) is 0.125. The first-order valence-electron chi connectivity index (χ1n) is 6.86. The van der Waals surface area contributed by atoms with E-state index in [0.29, 0.717) is 11.4 Å². The molecule has 126 valence electrons. The van der Waals surface area contributed by atoms with E-state index in [1.165, 1.54) is 35.8 Å². The first-order valence-corrected chi connectivity index (χ1v) is 9.01. The standard InChI is InChI=1S/C16H16N2O4S2/c1-21-15(19)17-11-7-3-5-9-13(11)23-24-14-10-6-4-8-12(14)18-16(20)22-2/h3-10H,1-2H3,(H,17,19)(H,18,20). The van der Waals surface area contributed by atoms with Crippen LogP contribution in [0.4, 0.5) is 21.0 Å². The highest BCUT2D eigenvalue weighted by molar-refractivity contribution is 8.76. The van der Waals surface area contributed by atoms with Crippen LogP contribution in [0.3, 0.4) is 0 Å². The highest BCUT2D eigenvalue weighted by atomic mass is 33.1. The van der Waals surface area contributed by atoms with Crippen LogP contribution in [-0.2, 0) is 9.47 Å². The van der Waals surface area contributed by atoms with E-state index < -0.39 is 12.2 Å². The van der Waals surface area contributed by atoms with Crippen molar-refractivity contribution in [3.63, 3.8) is 0 Å². The van der Waals surface area contributed by atoms with Crippen LogP contribution in [0.25, 0.3) is 0 Å². The van der Waals surface area contributed by atoms with Gasteiger partial charge in [-0.05, 0) is 24.3 Å². The first kappa shape index (κ1) is 18.0. The van der Waals surface area contributed by atoms with E-state index in [9.17, 15) is 9.59 Å². The smallest absolute Gasteiger partial charge is 0.411 e. The Morgan fingerprint density at radius 1 is 0.750 bits per heavy atom. The maximum absolute atomic E-state index is 11.4. The van der Waals surface area contributed by atoms with E-state index in [2.05, 4.69) is 20.1 Å². The number of hydrogen-bond acceptors (Lipinski definition) is 6. The van der Waals surface area contributed by atoms with Gasteiger partial charge in [-0.2, -0.15) is 0 Å². The van der Waals surface area contributed by atoms with Gasteiger partial charge in [-0.3, -0.25) is 10.6 Å². The van der Waals surface area contributed by atoms with Gasteiger partial charge in [-0.1, -0.05) is 45.9 Å². The molecule has 2 aromatic rings. The summed E-state index contributed by atoms with van der Waals surface area (Å²) >= 11 is 0. The van der Waals surface area contributed by atoms with Gasteiger partial charge in [0.15, 0.2) is 0 Å². The maximum Gasteiger partial charge on any atom is 0.411 e. The van der Waals surface area contributed by atoms with Gasteiger partial charge in [0.1, 0.15) is 0 Å². The van der Waals surface area contributed by atoms with Crippen LogP contribution in [0.5, 0.6) is 0 Å². The molecule has 0 fully saturated rings. The van der Waals surface area contributed by atoms with Crippen LogP contribution in [0.15, 0.2) is 58.3 Å². The van der Waals surface area contributed by atoms with Gasteiger partial charge < -0.3 is 9.47 Å². The molecule has 0 spiro atoms. The average molecular weight is 364 g/mol. The van der Waals surface area contributed by atoms with Crippen molar-refractivity contribution in [2.24, 2.45) is 0 Å². The minimum absolute atomic E-state index is 0.527. The van der Waals surface area contributed by atoms with Crippen LogP contribution >= 0.6 is 21.6 Å². The minimum Gasteiger partial charge on any atom is -0.453 e. The fourth-order valence-electron chi connectivity index (χ4n) is 1.70. The molecule has 0 aliphatic rings. The van der Waals surface area contributed by atoms with Gasteiger partial charge in [0.2, 0.25) is 0 Å². The summed E-state index contributed by atoms with van der Waals surface area (Å²) in [5, 5.41) is 5.33. The van der Waals surface area contributed by atoms with Crippen molar-refractivity contribution in [2.45, 2.75) is 9.79 Å². The Labute approximate surface area is 147 Å². The quantitative estimate of drug-likeness (QED) is 0.739. The van der Waals surface area contributed by atoms with E-state index >= 15 is 0 Å². The molecule has 0 saturated heterocycles. The van der Waals surface area contributed by atoms with Crippen LogP contribution < -0.4 is 10.6 Å². The van der Waals surface area contributed by atoms with Gasteiger partial charge in [0.25, 0.3) is 0 Å². The summed E-state index contributed by atoms with van der Waals surface area (Å²) in [5.74, 6) is 0. The maximum atomic E-state index is 11.4. The number of anilines is 2. The number of amides is 2. The lowest BCUT2D eigenvalue weighted by molar-refractivity contribution is 0.186. The molecule has 0 heterocycles. The van der Waals surface area contributed by atoms with Crippen LogP contribution in [0.2, 0.25) is 0 Å². The molecule has 0 bridgehead atoms. The number of benzene rings is 2. The lowest BCUT2D eigenvalue weighted by atomic mass is 10.3. The number of carbonyl (C=O) groups is 2. The molecule has 0 saturated carbocycles. The Morgan fingerprint density at radius 2 is 1.12 bits per heavy atom. The number of nitrogens with one attached hydrogen (secondary N) is 2. The molecular formula is C16H16N2O4S2. The molecule has 2 aromatic carbocycles. The molecule has 2 N–H and O–H groups in total. The van der Waals surface area contributed by atoms with Crippen molar-refractivity contribution in [1.29, 1.82) is 0 Å². The zero-order valence-electron chi connectivity index (χ0n) is 13.1. The van der Waals surface area contributed by atoms with Crippen LogP contribution in [0.1, 0.15) is 0 Å². The van der Waals surface area contributed by atoms with Gasteiger partial charge in [0, 0.05) is 9.79 Å². The molecule has 0 atom stereocenters. The summed E-state index contributed by atoms with van der Waals surface area (Å²) in [4.78, 5) is 24.5. The Morgan fingerprint density at radius 3 is 1.50 bits per heavy atom. The van der Waals surface area contributed by atoms with E-state index in [4.69, 9.17) is 0 Å². The average Bonchev–Trinajstić information content (AvgIpc) is 2.61. The van der Waals surface area contributed by atoms with Crippen LogP contribution in [-0.4, -0.2) is 26.4 Å². The Hall–Kier alpha value is -2.32. The molecule has 0 unspecified atom stereocenters. The molecule has 2 rings (SSSR count). The molecular weight excluding hydrogens is 348 g/mol. The molecule has 2 amide bonds. The highest BCUT2D eigenvalue weighted by Crippen LogP contribution is 2.43. The lowest BCUT2D eigenvalue weighted by Gasteiger charge is -2.11.